The molecule has 0 saturated heterocycles. The van der Waals surface area contributed by atoms with Crippen LogP contribution in [0.4, 0.5) is 10.5 Å². The van der Waals surface area contributed by atoms with E-state index in [2.05, 4.69) is 30.4 Å². The highest BCUT2D eigenvalue weighted by molar-refractivity contribution is 5.99. The number of carbonyl (C=O) groups excluding carboxylic acids is 4. The lowest BCUT2D eigenvalue weighted by Crippen LogP contribution is -2.55. The second-order valence-corrected chi connectivity index (χ2v) is 12.2. The van der Waals surface area contributed by atoms with Gasteiger partial charge in [-0.25, -0.2) is 4.79 Å². The average Bonchev–Trinajstić information content (AvgIpc) is 2.95. The molecule has 4 N–H and O–H groups in total. The number of nitrogens with zero attached hydrogens (tertiary/aromatic N) is 1. The van der Waals surface area contributed by atoms with Crippen LogP contribution in [0.15, 0.2) is 48.5 Å². The number of alkyl carbamates (subject to hydrolysis) is 1. The largest absolute Gasteiger partial charge is 0.497 e. The maximum Gasteiger partial charge on any atom is 0.408 e. The Balaban J connectivity index is 2.65. The first kappa shape index (κ1) is 35.7. The third kappa shape index (κ3) is 11.3. The number of terminal acetylenes is 1. The number of hydrogen-bond donors (Lipinski definition) is 3. The molecule has 0 aliphatic rings. The molecular weight excluding hydrogens is 560 g/mol. The molecule has 0 radical (unpaired) electrons. The number of ether oxygens (including phenoxy) is 2. The fourth-order valence-electron chi connectivity index (χ4n) is 4.57. The Morgan fingerprint density at radius 1 is 0.955 bits per heavy atom. The number of methoxy groups -OCH3 is 1. The Bertz CT molecular complexity index is 1310. The smallest absolute Gasteiger partial charge is 0.408 e. The summed E-state index contributed by atoms with van der Waals surface area (Å²) in [5, 5.41) is 5.54. The highest BCUT2D eigenvalue weighted by atomic mass is 16.6. The minimum atomic E-state index is -1.19. The first-order valence-corrected chi connectivity index (χ1v) is 14.8. The van der Waals surface area contributed by atoms with Gasteiger partial charge in [0.2, 0.25) is 11.8 Å². The van der Waals surface area contributed by atoms with Crippen LogP contribution in [0.2, 0.25) is 0 Å². The van der Waals surface area contributed by atoms with Gasteiger partial charge in [-0.15, -0.1) is 6.42 Å². The number of rotatable bonds is 14. The summed E-state index contributed by atoms with van der Waals surface area (Å²) in [5.41, 5.74) is 6.23. The van der Waals surface area contributed by atoms with Crippen LogP contribution in [0.1, 0.15) is 84.4 Å². The van der Waals surface area contributed by atoms with Crippen molar-refractivity contribution in [2.45, 2.75) is 91.0 Å². The van der Waals surface area contributed by atoms with E-state index in [1.54, 1.807) is 76.4 Å². The van der Waals surface area contributed by atoms with Crippen molar-refractivity contribution in [1.29, 1.82) is 0 Å². The normalized spacial score (nSPS) is 13.2. The van der Waals surface area contributed by atoms with Crippen LogP contribution in [-0.4, -0.2) is 53.5 Å². The number of primary amides is 1. The number of amides is 4. The van der Waals surface area contributed by atoms with E-state index in [4.69, 9.17) is 21.6 Å². The van der Waals surface area contributed by atoms with E-state index in [1.165, 1.54) is 4.90 Å². The molecule has 3 atom stereocenters. The molecule has 3 unspecified atom stereocenters. The van der Waals surface area contributed by atoms with Gasteiger partial charge in [-0.2, -0.15) is 0 Å². The van der Waals surface area contributed by atoms with E-state index in [0.29, 0.717) is 34.9 Å². The predicted molar refractivity (Wildman–Crippen MR) is 171 cm³/mol. The van der Waals surface area contributed by atoms with Crippen LogP contribution in [-0.2, 0) is 19.1 Å². The molecule has 0 aromatic heterocycles. The Morgan fingerprint density at radius 3 is 2.07 bits per heavy atom. The van der Waals surface area contributed by atoms with Gasteiger partial charge in [-0.05, 0) is 94.8 Å². The van der Waals surface area contributed by atoms with Crippen molar-refractivity contribution in [3.05, 3.63) is 59.7 Å². The van der Waals surface area contributed by atoms with E-state index >= 15 is 0 Å². The van der Waals surface area contributed by atoms with E-state index in [9.17, 15) is 19.2 Å². The number of carbonyl (C=O) groups is 4. The molecule has 10 nitrogen and oxygen atoms in total. The van der Waals surface area contributed by atoms with Gasteiger partial charge >= 0.3 is 6.09 Å². The first-order valence-electron chi connectivity index (χ1n) is 14.8. The molecule has 10 heteroatoms. The number of anilines is 1. The summed E-state index contributed by atoms with van der Waals surface area (Å²) in [6, 6.07) is 10.9. The van der Waals surface area contributed by atoms with Crippen LogP contribution in [0.5, 0.6) is 5.75 Å². The van der Waals surface area contributed by atoms with Crippen molar-refractivity contribution in [1.82, 2.24) is 10.2 Å². The number of hydrogen-bond acceptors (Lipinski definition) is 6. The molecule has 2 rings (SSSR count). The second kappa shape index (κ2) is 16.4. The quantitative estimate of drug-likeness (QED) is 0.254. The van der Waals surface area contributed by atoms with Crippen molar-refractivity contribution in [3.63, 3.8) is 0 Å². The third-order valence-electron chi connectivity index (χ3n) is 6.84. The van der Waals surface area contributed by atoms with Crippen LogP contribution in [0.25, 0.3) is 0 Å². The highest BCUT2D eigenvalue weighted by Crippen LogP contribution is 2.30. The van der Waals surface area contributed by atoms with Gasteiger partial charge in [-0.3, -0.25) is 14.4 Å². The minimum absolute atomic E-state index is 0.0797. The number of benzene rings is 2. The van der Waals surface area contributed by atoms with Crippen LogP contribution >= 0.6 is 0 Å². The maximum absolute atomic E-state index is 14.5. The summed E-state index contributed by atoms with van der Waals surface area (Å²) in [4.78, 5) is 54.7. The topological polar surface area (TPSA) is 140 Å². The number of nitrogens with two attached hydrogens (primary N) is 1. The van der Waals surface area contributed by atoms with Gasteiger partial charge in [0.25, 0.3) is 5.91 Å². The predicted octanol–water partition coefficient (Wildman–Crippen LogP) is 5.17. The third-order valence-corrected chi connectivity index (χ3v) is 6.84. The van der Waals surface area contributed by atoms with Gasteiger partial charge < -0.3 is 30.7 Å². The molecule has 0 aliphatic carbocycles. The molecule has 0 bridgehead atoms. The summed E-state index contributed by atoms with van der Waals surface area (Å²) in [7, 11) is 1.55. The molecule has 4 amide bonds. The molecule has 0 aliphatic heterocycles. The maximum atomic E-state index is 14.5. The van der Waals surface area contributed by atoms with Crippen LogP contribution < -0.4 is 21.1 Å². The zero-order valence-corrected chi connectivity index (χ0v) is 26.8. The van der Waals surface area contributed by atoms with Crippen molar-refractivity contribution < 1.29 is 28.7 Å². The lowest BCUT2D eigenvalue weighted by Gasteiger charge is -2.39. The summed E-state index contributed by atoms with van der Waals surface area (Å²) in [6.07, 6.45) is 5.86. The van der Waals surface area contributed by atoms with E-state index in [-0.39, 0.29) is 12.8 Å². The fraction of sp³-hybridized carbons (Fsp3) is 0.471. The molecule has 238 valence electrons. The van der Waals surface area contributed by atoms with Gasteiger partial charge in [-0.1, -0.05) is 31.9 Å². The van der Waals surface area contributed by atoms with Gasteiger partial charge in [0, 0.05) is 23.7 Å². The summed E-state index contributed by atoms with van der Waals surface area (Å²) < 4.78 is 10.6. The highest BCUT2D eigenvalue weighted by Gasteiger charge is 2.39. The lowest BCUT2D eigenvalue weighted by atomic mass is 9.96. The zero-order valence-electron chi connectivity index (χ0n) is 26.8. The fourth-order valence-corrected chi connectivity index (χ4v) is 4.57. The standard InChI is InChI=1S/C34H46N4O6/c1-9-24-12-14-25(15-13-24)30(31(40)36-26-16-18-27(43-8)19-17-26)38(23(4)11-10-22(2)3)32(41)28(20-21-29(35)39)37-33(42)44-34(5,6)7/h1,12-19,22-23,28,30H,10-11,20-21H2,2-8H3,(H2,35,39)(H,36,40)(H,37,42). The van der Waals surface area contributed by atoms with Gasteiger partial charge in [0.15, 0.2) is 0 Å². The van der Waals surface area contributed by atoms with Crippen molar-refractivity contribution in [2.24, 2.45) is 11.7 Å². The first-order chi connectivity index (χ1) is 20.6. The van der Waals surface area contributed by atoms with Crippen molar-refractivity contribution in [2.75, 3.05) is 12.4 Å². The van der Waals surface area contributed by atoms with Crippen molar-refractivity contribution >= 4 is 29.5 Å². The summed E-state index contributed by atoms with van der Waals surface area (Å²) >= 11 is 0. The molecule has 44 heavy (non-hydrogen) atoms. The molecule has 2 aromatic carbocycles. The molecule has 2 aromatic rings. The van der Waals surface area contributed by atoms with Gasteiger partial charge in [0.1, 0.15) is 23.4 Å². The number of nitrogens with one attached hydrogen (secondary N) is 2. The SMILES string of the molecule is C#Cc1ccc(C(C(=O)Nc2ccc(OC)cc2)N(C(=O)C(CCC(N)=O)NC(=O)OC(C)(C)C)C(C)CCC(C)C)cc1. The molecule has 0 spiro atoms. The Hall–Kier alpha value is -4.52. The Labute approximate surface area is 261 Å². The minimum Gasteiger partial charge on any atom is -0.497 e. The Morgan fingerprint density at radius 2 is 1.57 bits per heavy atom. The molecular formula is C34H46N4O6. The van der Waals surface area contributed by atoms with Gasteiger partial charge in [0.05, 0.1) is 7.11 Å². The van der Waals surface area contributed by atoms with E-state index < -0.39 is 47.5 Å². The lowest BCUT2D eigenvalue weighted by molar-refractivity contribution is -0.143. The van der Waals surface area contributed by atoms with E-state index in [1.807, 2.05) is 6.92 Å². The molecule has 0 saturated carbocycles. The average molecular weight is 607 g/mol. The zero-order chi connectivity index (χ0) is 33.0. The van der Waals surface area contributed by atoms with Crippen LogP contribution in [0.3, 0.4) is 0 Å². The molecule has 0 heterocycles. The van der Waals surface area contributed by atoms with Crippen LogP contribution in [0, 0.1) is 18.3 Å². The molecule has 0 fully saturated rings. The Kier molecular flexibility index (Phi) is 13.3. The summed E-state index contributed by atoms with van der Waals surface area (Å²) in [5.74, 6) is 1.87. The van der Waals surface area contributed by atoms with Crippen molar-refractivity contribution in [3.8, 4) is 18.1 Å². The monoisotopic (exact) mass is 606 g/mol. The second-order valence-electron chi connectivity index (χ2n) is 12.2. The summed E-state index contributed by atoms with van der Waals surface area (Å²) in [6.45, 7) is 11.1. The van der Waals surface area contributed by atoms with E-state index in [0.717, 1.165) is 6.42 Å².